The van der Waals surface area contributed by atoms with E-state index in [1.54, 1.807) is 12.3 Å². The number of nitrogens with zero attached hydrogens (tertiary/aromatic N) is 2. The lowest BCUT2D eigenvalue weighted by molar-refractivity contribution is -0.122. The van der Waals surface area contributed by atoms with Gasteiger partial charge in [-0.05, 0) is 37.8 Å². The molecule has 6 nitrogen and oxygen atoms in total. The van der Waals surface area contributed by atoms with Crippen LogP contribution in [0.1, 0.15) is 30.0 Å². The number of carbonyl (C=O) groups excluding carboxylic acids is 1. The van der Waals surface area contributed by atoms with Gasteiger partial charge in [0.05, 0.1) is 18.2 Å². The standard InChI is InChI=1S/C17H21N3O3/c1-11-6-15(23-20-11)10-17(22)19-16(12-7-14(21)8-12)9-13-4-2-3-5-18-13/h2-6,12,14,16,21H,7-10H2,1H3,(H,19,22)/t12?,14?,16-/m1/s1. The number of aromatic nitrogens is 2. The summed E-state index contributed by atoms with van der Waals surface area (Å²) in [6.45, 7) is 1.82. The van der Waals surface area contributed by atoms with Crippen molar-refractivity contribution in [1.29, 1.82) is 0 Å². The van der Waals surface area contributed by atoms with Gasteiger partial charge in [-0.25, -0.2) is 0 Å². The number of rotatable bonds is 6. The maximum atomic E-state index is 12.3. The summed E-state index contributed by atoms with van der Waals surface area (Å²) >= 11 is 0. The molecule has 2 N–H and O–H groups in total. The molecule has 0 aliphatic heterocycles. The molecule has 0 saturated heterocycles. The third kappa shape index (κ3) is 4.16. The van der Waals surface area contributed by atoms with Crippen molar-refractivity contribution in [2.24, 2.45) is 5.92 Å². The van der Waals surface area contributed by atoms with Crippen molar-refractivity contribution in [2.45, 2.75) is 44.8 Å². The highest BCUT2D eigenvalue weighted by Gasteiger charge is 2.35. The number of aliphatic hydroxyl groups is 1. The van der Waals surface area contributed by atoms with E-state index in [0.29, 0.717) is 12.2 Å². The molecule has 1 fully saturated rings. The largest absolute Gasteiger partial charge is 0.393 e. The van der Waals surface area contributed by atoms with Crippen molar-refractivity contribution in [3.63, 3.8) is 0 Å². The van der Waals surface area contributed by atoms with Crippen LogP contribution in [0.4, 0.5) is 0 Å². The first-order valence-electron chi connectivity index (χ1n) is 7.89. The van der Waals surface area contributed by atoms with E-state index in [1.807, 2.05) is 25.1 Å². The van der Waals surface area contributed by atoms with Crippen molar-refractivity contribution in [3.05, 3.63) is 47.6 Å². The number of carbonyl (C=O) groups is 1. The highest BCUT2D eigenvalue weighted by Crippen LogP contribution is 2.31. The van der Waals surface area contributed by atoms with E-state index in [-0.39, 0.29) is 30.4 Å². The molecule has 0 bridgehead atoms. The van der Waals surface area contributed by atoms with Gasteiger partial charge in [0.25, 0.3) is 0 Å². The van der Waals surface area contributed by atoms with Gasteiger partial charge in [0, 0.05) is 30.4 Å². The molecule has 6 heteroatoms. The molecule has 2 aromatic heterocycles. The first-order chi connectivity index (χ1) is 11.1. The van der Waals surface area contributed by atoms with Gasteiger partial charge in [-0.3, -0.25) is 9.78 Å². The molecule has 23 heavy (non-hydrogen) atoms. The van der Waals surface area contributed by atoms with Crippen LogP contribution in [0.5, 0.6) is 0 Å². The molecule has 1 atom stereocenters. The molecule has 0 radical (unpaired) electrons. The van der Waals surface area contributed by atoms with Crippen molar-refractivity contribution in [3.8, 4) is 0 Å². The fraction of sp³-hybridized carbons (Fsp3) is 0.471. The minimum Gasteiger partial charge on any atom is -0.393 e. The van der Waals surface area contributed by atoms with Crippen LogP contribution in [0.3, 0.4) is 0 Å². The van der Waals surface area contributed by atoms with Crippen molar-refractivity contribution >= 4 is 5.91 Å². The van der Waals surface area contributed by atoms with Crippen LogP contribution >= 0.6 is 0 Å². The Balaban J connectivity index is 1.62. The zero-order chi connectivity index (χ0) is 16.2. The first kappa shape index (κ1) is 15.7. The zero-order valence-electron chi connectivity index (χ0n) is 13.1. The highest BCUT2D eigenvalue weighted by atomic mass is 16.5. The van der Waals surface area contributed by atoms with E-state index in [4.69, 9.17) is 4.52 Å². The average Bonchev–Trinajstić information content (AvgIpc) is 2.89. The molecular formula is C17H21N3O3. The molecule has 1 amide bonds. The predicted octanol–water partition coefficient (Wildman–Crippen LogP) is 1.42. The molecule has 1 aliphatic rings. The summed E-state index contributed by atoms with van der Waals surface area (Å²) in [5.41, 5.74) is 1.70. The van der Waals surface area contributed by atoms with Gasteiger partial charge in [-0.15, -0.1) is 0 Å². The third-order valence-electron chi connectivity index (χ3n) is 4.23. The van der Waals surface area contributed by atoms with E-state index in [1.165, 1.54) is 0 Å². The van der Waals surface area contributed by atoms with Crippen LogP contribution in [-0.2, 0) is 17.6 Å². The molecule has 2 aromatic rings. The van der Waals surface area contributed by atoms with Crippen LogP contribution in [0.2, 0.25) is 0 Å². The van der Waals surface area contributed by atoms with E-state index in [2.05, 4.69) is 15.5 Å². The number of amides is 1. The topological polar surface area (TPSA) is 88.2 Å². The van der Waals surface area contributed by atoms with Crippen LogP contribution in [-0.4, -0.2) is 33.3 Å². The van der Waals surface area contributed by atoms with Gasteiger partial charge < -0.3 is 14.9 Å². The predicted molar refractivity (Wildman–Crippen MR) is 83.5 cm³/mol. The second kappa shape index (κ2) is 6.91. The lowest BCUT2D eigenvalue weighted by Gasteiger charge is -2.38. The minimum atomic E-state index is -0.250. The van der Waals surface area contributed by atoms with Gasteiger partial charge >= 0.3 is 0 Å². The summed E-state index contributed by atoms with van der Waals surface area (Å²) in [4.78, 5) is 16.6. The maximum absolute atomic E-state index is 12.3. The maximum Gasteiger partial charge on any atom is 0.227 e. The summed E-state index contributed by atoms with van der Waals surface area (Å²) < 4.78 is 5.09. The molecule has 0 unspecified atom stereocenters. The van der Waals surface area contributed by atoms with Crippen LogP contribution in [0.15, 0.2) is 35.0 Å². The Morgan fingerprint density at radius 3 is 2.91 bits per heavy atom. The van der Waals surface area contributed by atoms with Gasteiger partial charge in [0.1, 0.15) is 5.76 Å². The molecule has 0 spiro atoms. The molecule has 122 valence electrons. The van der Waals surface area contributed by atoms with Crippen molar-refractivity contribution < 1.29 is 14.4 Å². The van der Waals surface area contributed by atoms with Crippen molar-refractivity contribution in [1.82, 2.24) is 15.5 Å². The molecule has 1 saturated carbocycles. The summed E-state index contributed by atoms with van der Waals surface area (Å²) in [6.07, 6.45) is 3.79. The van der Waals surface area contributed by atoms with E-state index < -0.39 is 0 Å². The van der Waals surface area contributed by atoms with Gasteiger partial charge in [-0.1, -0.05) is 11.2 Å². The number of nitrogens with one attached hydrogen (secondary N) is 1. The Bertz CT molecular complexity index is 650. The number of aliphatic hydroxyl groups excluding tert-OH is 1. The summed E-state index contributed by atoms with van der Waals surface area (Å²) in [5.74, 6) is 0.751. The Kier molecular flexibility index (Phi) is 4.71. The lowest BCUT2D eigenvalue weighted by Crippen LogP contribution is -2.48. The van der Waals surface area contributed by atoms with Gasteiger partial charge in [0.15, 0.2) is 0 Å². The first-order valence-corrected chi connectivity index (χ1v) is 7.89. The quantitative estimate of drug-likeness (QED) is 0.841. The number of hydrogen-bond acceptors (Lipinski definition) is 5. The smallest absolute Gasteiger partial charge is 0.227 e. The molecule has 0 aromatic carbocycles. The van der Waals surface area contributed by atoms with Crippen molar-refractivity contribution in [2.75, 3.05) is 0 Å². The molecule has 2 heterocycles. The van der Waals surface area contributed by atoms with E-state index in [9.17, 15) is 9.90 Å². The van der Waals surface area contributed by atoms with Gasteiger partial charge in [0.2, 0.25) is 5.91 Å². The Morgan fingerprint density at radius 2 is 2.30 bits per heavy atom. The number of aryl methyl sites for hydroxylation is 1. The zero-order valence-corrected chi connectivity index (χ0v) is 13.1. The number of hydrogen-bond donors (Lipinski definition) is 2. The molecule has 3 rings (SSSR count). The fourth-order valence-corrected chi connectivity index (χ4v) is 2.95. The van der Waals surface area contributed by atoms with Crippen LogP contribution < -0.4 is 5.32 Å². The molecular weight excluding hydrogens is 294 g/mol. The monoisotopic (exact) mass is 315 g/mol. The van der Waals surface area contributed by atoms with E-state index in [0.717, 1.165) is 24.2 Å². The molecule has 1 aliphatic carbocycles. The Hall–Kier alpha value is -2.21. The Labute approximate surface area is 134 Å². The third-order valence-corrected chi connectivity index (χ3v) is 4.23. The minimum absolute atomic E-state index is 0.0233. The van der Waals surface area contributed by atoms with Crippen LogP contribution in [0.25, 0.3) is 0 Å². The second-order valence-electron chi connectivity index (χ2n) is 6.20. The highest BCUT2D eigenvalue weighted by molar-refractivity contribution is 5.78. The summed E-state index contributed by atoms with van der Waals surface area (Å²) in [6, 6.07) is 7.50. The lowest BCUT2D eigenvalue weighted by atomic mass is 9.76. The number of pyridine rings is 1. The van der Waals surface area contributed by atoms with E-state index >= 15 is 0 Å². The normalized spacial score (nSPS) is 21.5. The Morgan fingerprint density at radius 1 is 1.48 bits per heavy atom. The second-order valence-corrected chi connectivity index (χ2v) is 6.20. The SMILES string of the molecule is Cc1cc(CC(=O)N[C@H](Cc2ccccn2)C2CC(O)C2)on1. The summed E-state index contributed by atoms with van der Waals surface area (Å²) in [7, 11) is 0. The summed E-state index contributed by atoms with van der Waals surface area (Å²) in [5, 5.41) is 16.4. The van der Waals surface area contributed by atoms with Crippen LogP contribution in [0, 0.1) is 12.8 Å². The fourth-order valence-electron chi connectivity index (χ4n) is 2.95. The van der Waals surface area contributed by atoms with Gasteiger partial charge in [-0.2, -0.15) is 0 Å². The average molecular weight is 315 g/mol.